The molecule has 158 valence electrons. The number of para-hydroxylation sites is 1. The van der Waals surface area contributed by atoms with E-state index in [0.717, 1.165) is 5.56 Å². The van der Waals surface area contributed by atoms with Crippen LogP contribution in [0.1, 0.15) is 11.3 Å². The topological polar surface area (TPSA) is 68.1 Å². The third kappa shape index (κ3) is 5.01. The molecule has 0 bridgehead atoms. The largest absolute Gasteiger partial charge is 0.356 e. The lowest BCUT2D eigenvalue weighted by atomic mass is 10.1. The maximum Gasteiger partial charge on any atom is 0.295 e. The van der Waals surface area contributed by atoms with Crippen molar-refractivity contribution in [3.8, 4) is 5.69 Å². The van der Waals surface area contributed by atoms with E-state index in [2.05, 4.69) is 10.6 Å². The number of carbonyl (C=O) groups is 1. The van der Waals surface area contributed by atoms with Gasteiger partial charge >= 0.3 is 0 Å². The van der Waals surface area contributed by atoms with Gasteiger partial charge in [-0.15, -0.1) is 0 Å². The highest BCUT2D eigenvalue weighted by Crippen LogP contribution is 2.31. The smallest absolute Gasteiger partial charge is 0.295 e. The summed E-state index contributed by atoms with van der Waals surface area (Å²) >= 11 is 18.3. The molecule has 3 rings (SSSR count). The molecule has 0 unspecified atom stereocenters. The predicted molar refractivity (Wildman–Crippen MR) is 122 cm³/mol. The van der Waals surface area contributed by atoms with Gasteiger partial charge in [-0.25, -0.2) is 4.68 Å². The van der Waals surface area contributed by atoms with Crippen molar-refractivity contribution in [1.82, 2.24) is 14.7 Å². The van der Waals surface area contributed by atoms with Crippen molar-refractivity contribution < 1.29 is 4.79 Å². The highest BCUT2D eigenvalue weighted by atomic mass is 35.6. The molecule has 0 saturated carbocycles. The van der Waals surface area contributed by atoms with Crippen LogP contribution in [-0.4, -0.2) is 25.2 Å². The molecule has 0 spiro atoms. The van der Waals surface area contributed by atoms with E-state index in [-0.39, 0.29) is 23.6 Å². The van der Waals surface area contributed by atoms with Gasteiger partial charge in [0.05, 0.1) is 17.8 Å². The number of halogens is 3. The lowest BCUT2D eigenvalue weighted by Gasteiger charge is -2.27. The number of hydrogen-bond acceptors (Lipinski definition) is 3. The summed E-state index contributed by atoms with van der Waals surface area (Å²) in [6, 6.07) is 18.4. The Labute approximate surface area is 189 Å². The molecule has 1 heterocycles. The van der Waals surface area contributed by atoms with E-state index in [1.165, 1.54) is 4.68 Å². The molecular weight excluding hydrogens is 447 g/mol. The van der Waals surface area contributed by atoms with Crippen molar-refractivity contribution in [2.75, 3.05) is 5.32 Å². The number of carbonyl (C=O) groups excluding carboxylic acids is 1. The number of nitrogens with one attached hydrogen (secondary N) is 2. The average molecular weight is 468 g/mol. The first-order valence-electron chi connectivity index (χ1n) is 9.19. The Morgan fingerprint density at radius 3 is 2.17 bits per heavy atom. The number of alkyl halides is 3. The summed E-state index contributed by atoms with van der Waals surface area (Å²) in [5, 5.41) is 5.59. The minimum absolute atomic E-state index is 0.113. The SMILES string of the molecule is Cc1c(N[C@H](NC(=O)Cc2ccccc2)C(Cl)(Cl)Cl)c(=O)n(-c2ccccc2)n1C. The molecule has 0 aliphatic heterocycles. The van der Waals surface area contributed by atoms with Crippen LogP contribution < -0.4 is 16.2 Å². The van der Waals surface area contributed by atoms with Crippen molar-refractivity contribution >= 4 is 46.4 Å². The first-order valence-corrected chi connectivity index (χ1v) is 10.3. The molecule has 2 N–H and O–H groups in total. The number of anilines is 1. The predicted octanol–water partition coefficient (Wildman–Crippen LogP) is 3.95. The number of benzene rings is 2. The van der Waals surface area contributed by atoms with Crippen LogP contribution in [-0.2, 0) is 18.3 Å². The second kappa shape index (κ2) is 9.16. The molecule has 2 aromatic carbocycles. The minimum Gasteiger partial charge on any atom is -0.356 e. The van der Waals surface area contributed by atoms with E-state index < -0.39 is 9.96 Å². The van der Waals surface area contributed by atoms with Crippen LogP contribution in [0.25, 0.3) is 5.69 Å². The Morgan fingerprint density at radius 2 is 1.60 bits per heavy atom. The second-order valence-electron chi connectivity index (χ2n) is 6.79. The van der Waals surface area contributed by atoms with Crippen molar-refractivity contribution in [2.24, 2.45) is 7.05 Å². The fourth-order valence-electron chi connectivity index (χ4n) is 3.07. The number of nitrogens with zero attached hydrogens (tertiary/aromatic N) is 2. The molecule has 0 radical (unpaired) electrons. The summed E-state index contributed by atoms with van der Waals surface area (Å²) < 4.78 is 1.30. The summed E-state index contributed by atoms with van der Waals surface area (Å²) in [7, 11) is 1.76. The maximum absolute atomic E-state index is 13.1. The molecule has 1 atom stereocenters. The van der Waals surface area contributed by atoms with Gasteiger partial charge in [-0.2, -0.15) is 0 Å². The lowest BCUT2D eigenvalue weighted by molar-refractivity contribution is -0.120. The summed E-state index contributed by atoms with van der Waals surface area (Å²) in [4.78, 5) is 25.6. The van der Waals surface area contributed by atoms with E-state index in [9.17, 15) is 9.59 Å². The number of hydrogen-bond donors (Lipinski definition) is 2. The van der Waals surface area contributed by atoms with Gasteiger partial charge in [-0.3, -0.25) is 14.3 Å². The van der Waals surface area contributed by atoms with Crippen LogP contribution in [0.4, 0.5) is 5.69 Å². The van der Waals surface area contributed by atoms with Gasteiger partial charge in [0.2, 0.25) is 9.70 Å². The third-order valence-corrected chi connectivity index (χ3v) is 5.34. The molecule has 1 aromatic heterocycles. The Morgan fingerprint density at radius 1 is 1.03 bits per heavy atom. The third-order valence-electron chi connectivity index (χ3n) is 4.68. The molecule has 0 aliphatic carbocycles. The first-order chi connectivity index (χ1) is 14.2. The van der Waals surface area contributed by atoms with Crippen LogP contribution in [0, 0.1) is 6.92 Å². The summed E-state index contributed by atoms with van der Waals surface area (Å²) in [5.41, 5.74) is 2.05. The van der Waals surface area contributed by atoms with Crippen LogP contribution in [0.2, 0.25) is 0 Å². The van der Waals surface area contributed by atoms with E-state index in [4.69, 9.17) is 34.8 Å². The highest BCUT2D eigenvalue weighted by Gasteiger charge is 2.35. The van der Waals surface area contributed by atoms with Gasteiger partial charge < -0.3 is 10.6 Å². The van der Waals surface area contributed by atoms with Gasteiger partial charge in [0, 0.05) is 7.05 Å². The van der Waals surface area contributed by atoms with Crippen molar-refractivity contribution in [3.05, 3.63) is 82.3 Å². The fourth-order valence-corrected chi connectivity index (χ4v) is 3.40. The molecule has 6 nitrogen and oxygen atoms in total. The molecule has 1 amide bonds. The Hall–Kier alpha value is -2.41. The number of rotatable bonds is 6. The molecule has 9 heteroatoms. The minimum atomic E-state index is -1.89. The van der Waals surface area contributed by atoms with Crippen LogP contribution >= 0.6 is 34.8 Å². The van der Waals surface area contributed by atoms with Crippen molar-refractivity contribution in [3.63, 3.8) is 0 Å². The fraction of sp³-hybridized carbons (Fsp3) is 0.238. The standard InChI is InChI=1S/C21H21Cl3N4O2/c1-14-18(19(30)28(27(14)2)16-11-7-4-8-12-16)26-20(21(22,23)24)25-17(29)13-15-9-5-3-6-10-15/h3-12,20,26H,13H2,1-2H3,(H,25,29)/t20-/m0/s1. The van der Waals surface area contributed by atoms with Gasteiger partial charge in [0.25, 0.3) is 5.56 Å². The summed E-state index contributed by atoms with van der Waals surface area (Å²) in [6.45, 7) is 1.77. The van der Waals surface area contributed by atoms with Gasteiger partial charge in [-0.1, -0.05) is 83.3 Å². The van der Waals surface area contributed by atoms with E-state index in [0.29, 0.717) is 11.4 Å². The second-order valence-corrected chi connectivity index (χ2v) is 9.15. The zero-order valence-corrected chi connectivity index (χ0v) is 18.7. The summed E-state index contributed by atoms with van der Waals surface area (Å²) in [6.07, 6.45) is -1.00. The lowest BCUT2D eigenvalue weighted by Crippen LogP contribution is -2.50. The summed E-state index contributed by atoms with van der Waals surface area (Å²) in [5.74, 6) is -0.345. The van der Waals surface area contributed by atoms with E-state index in [1.54, 1.807) is 18.7 Å². The van der Waals surface area contributed by atoms with Gasteiger partial charge in [0.15, 0.2) is 0 Å². The quantitative estimate of drug-likeness (QED) is 0.426. The first kappa shape index (κ1) is 22.3. The van der Waals surface area contributed by atoms with Crippen LogP contribution in [0.3, 0.4) is 0 Å². The Bertz CT molecular complexity index is 1070. The Kier molecular flexibility index (Phi) is 6.81. The normalized spacial score (nSPS) is 12.4. The maximum atomic E-state index is 13.1. The molecule has 0 fully saturated rings. The zero-order valence-electron chi connectivity index (χ0n) is 16.4. The molecule has 30 heavy (non-hydrogen) atoms. The Balaban J connectivity index is 1.87. The van der Waals surface area contributed by atoms with E-state index in [1.807, 2.05) is 60.7 Å². The molecule has 3 aromatic rings. The van der Waals surface area contributed by atoms with Crippen LogP contribution in [0.15, 0.2) is 65.5 Å². The van der Waals surface area contributed by atoms with Gasteiger partial charge in [0.1, 0.15) is 11.9 Å². The number of amides is 1. The number of aromatic nitrogens is 2. The molecule has 0 aliphatic rings. The molecule has 0 saturated heterocycles. The molecular formula is C21H21Cl3N4O2. The van der Waals surface area contributed by atoms with Crippen LogP contribution in [0.5, 0.6) is 0 Å². The zero-order chi connectivity index (χ0) is 21.9. The van der Waals surface area contributed by atoms with E-state index >= 15 is 0 Å². The monoisotopic (exact) mass is 466 g/mol. The van der Waals surface area contributed by atoms with Crippen molar-refractivity contribution in [2.45, 2.75) is 23.3 Å². The average Bonchev–Trinajstić information content (AvgIpc) is 2.91. The van der Waals surface area contributed by atoms with Crippen molar-refractivity contribution in [1.29, 1.82) is 0 Å². The highest BCUT2D eigenvalue weighted by molar-refractivity contribution is 6.68. The van der Waals surface area contributed by atoms with Gasteiger partial charge in [-0.05, 0) is 24.6 Å².